The fourth-order valence-corrected chi connectivity index (χ4v) is 2.91. The van der Waals surface area contributed by atoms with E-state index in [9.17, 15) is 13.2 Å². The van der Waals surface area contributed by atoms with Crippen LogP contribution in [0.5, 0.6) is 0 Å². The van der Waals surface area contributed by atoms with Gasteiger partial charge in [-0.1, -0.05) is 24.3 Å². The zero-order chi connectivity index (χ0) is 16.3. The van der Waals surface area contributed by atoms with E-state index in [1.165, 1.54) is 17.3 Å². The number of nitrogens with zero attached hydrogens (tertiary/aromatic N) is 2. The molecule has 0 aliphatic carbocycles. The number of benzene rings is 1. The van der Waals surface area contributed by atoms with Crippen LogP contribution in [-0.2, 0) is 19.5 Å². The highest BCUT2D eigenvalue weighted by atomic mass is 19.4. The molecule has 4 nitrogen and oxygen atoms in total. The van der Waals surface area contributed by atoms with Crippen molar-refractivity contribution in [3.8, 4) is 0 Å². The Kier molecular flexibility index (Phi) is 4.68. The topological polar surface area (TPSA) is 41.9 Å². The number of hydrogen-bond donors (Lipinski definition) is 2. The average molecular weight is 324 g/mol. The quantitative estimate of drug-likeness (QED) is 0.908. The van der Waals surface area contributed by atoms with Crippen LogP contribution in [0.25, 0.3) is 0 Å². The summed E-state index contributed by atoms with van der Waals surface area (Å²) in [5.74, 6) is 0. The molecule has 1 aliphatic rings. The van der Waals surface area contributed by atoms with Crippen LogP contribution in [0.3, 0.4) is 0 Å². The molecule has 1 aromatic heterocycles. The number of nitrogens with one attached hydrogen (secondary N) is 2. The van der Waals surface area contributed by atoms with Gasteiger partial charge in [0, 0.05) is 25.3 Å². The Morgan fingerprint density at radius 1 is 1.26 bits per heavy atom. The molecule has 0 amide bonds. The van der Waals surface area contributed by atoms with E-state index >= 15 is 0 Å². The molecule has 23 heavy (non-hydrogen) atoms. The predicted octanol–water partition coefficient (Wildman–Crippen LogP) is 2.42. The molecular weight excluding hydrogens is 305 g/mol. The molecule has 0 spiro atoms. The van der Waals surface area contributed by atoms with Crippen LogP contribution in [0.4, 0.5) is 13.2 Å². The summed E-state index contributed by atoms with van der Waals surface area (Å²) in [5, 5.41) is 10.5. The van der Waals surface area contributed by atoms with Crippen molar-refractivity contribution in [2.45, 2.75) is 31.7 Å². The monoisotopic (exact) mass is 324 g/mol. The van der Waals surface area contributed by atoms with E-state index in [0.29, 0.717) is 12.2 Å². The van der Waals surface area contributed by atoms with Gasteiger partial charge >= 0.3 is 6.18 Å². The predicted molar refractivity (Wildman–Crippen MR) is 80.9 cm³/mol. The second-order valence-corrected chi connectivity index (χ2v) is 5.68. The largest absolute Gasteiger partial charge is 0.408 e. The zero-order valence-electron chi connectivity index (χ0n) is 12.6. The molecule has 0 radical (unpaired) electrons. The third-order valence-electron chi connectivity index (χ3n) is 4.01. The molecule has 124 valence electrons. The fourth-order valence-electron chi connectivity index (χ4n) is 2.91. The average Bonchev–Trinajstić information content (AvgIpc) is 2.81. The molecule has 2 heterocycles. The van der Waals surface area contributed by atoms with Crippen molar-refractivity contribution in [1.82, 2.24) is 20.4 Å². The second-order valence-electron chi connectivity index (χ2n) is 5.68. The van der Waals surface area contributed by atoms with Crippen molar-refractivity contribution in [2.75, 3.05) is 13.1 Å². The molecule has 0 saturated carbocycles. The van der Waals surface area contributed by atoms with Gasteiger partial charge in [-0.3, -0.25) is 4.68 Å². The van der Waals surface area contributed by atoms with Gasteiger partial charge in [-0.2, -0.15) is 18.3 Å². The Hall–Kier alpha value is -1.86. The van der Waals surface area contributed by atoms with Crippen LogP contribution in [0.1, 0.15) is 22.9 Å². The Balaban J connectivity index is 1.71. The van der Waals surface area contributed by atoms with Crippen molar-refractivity contribution in [2.24, 2.45) is 0 Å². The van der Waals surface area contributed by atoms with Crippen molar-refractivity contribution >= 4 is 0 Å². The molecular formula is C16H19F3N4. The minimum absolute atomic E-state index is 0.0722. The first-order valence-electron chi connectivity index (χ1n) is 7.62. The lowest BCUT2D eigenvalue weighted by molar-refractivity contribution is -0.143. The Labute approximate surface area is 132 Å². The third kappa shape index (κ3) is 4.11. The molecule has 0 saturated heterocycles. The normalized spacial score (nSPS) is 18.5. The number of fused-ring (bicyclic) bond motifs is 1. The van der Waals surface area contributed by atoms with Gasteiger partial charge in [-0.15, -0.1) is 0 Å². The molecule has 3 rings (SSSR count). The molecule has 0 fully saturated rings. The summed E-state index contributed by atoms with van der Waals surface area (Å²) in [7, 11) is 0. The smallest absolute Gasteiger partial charge is 0.315 e. The molecule has 7 heteroatoms. The van der Waals surface area contributed by atoms with E-state index in [4.69, 9.17) is 0 Å². The first kappa shape index (κ1) is 16.0. The molecule has 1 atom stereocenters. The summed E-state index contributed by atoms with van der Waals surface area (Å²) in [6.07, 6.45) is -1.90. The van der Waals surface area contributed by atoms with E-state index in [2.05, 4.69) is 27.9 Å². The number of halogens is 3. The molecule has 1 unspecified atom stereocenters. The van der Waals surface area contributed by atoms with Crippen LogP contribution in [0, 0.1) is 0 Å². The van der Waals surface area contributed by atoms with E-state index < -0.39 is 12.7 Å². The maximum atomic E-state index is 12.6. The van der Waals surface area contributed by atoms with Gasteiger partial charge in [0.15, 0.2) is 0 Å². The number of alkyl halides is 3. The summed E-state index contributed by atoms with van der Waals surface area (Å²) in [6.45, 7) is 0.943. The van der Waals surface area contributed by atoms with Gasteiger partial charge < -0.3 is 10.6 Å². The van der Waals surface area contributed by atoms with Crippen LogP contribution in [-0.4, -0.2) is 29.0 Å². The summed E-state index contributed by atoms with van der Waals surface area (Å²) in [4.78, 5) is 0. The number of rotatable bonds is 4. The highest BCUT2D eigenvalue weighted by molar-refractivity contribution is 5.31. The van der Waals surface area contributed by atoms with Crippen LogP contribution in [0.2, 0.25) is 0 Å². The van der Waals surface area contributed by atoms with E-state index in [1.54, 1.807) is 6.07 Å². The van der Waals surface area contributed by atoms with Crippen LogP contribution < -0.4 is 10.6 Å². The lowest BCUT2D eigenvalue weighted by Gasteiger charge is -2.20. The summed E-state index contributed by atoms with van der Waals surface area (Å²) in [5.41, 5.74) is 3.02. The minimum atomic E-state index is -4.27. The van der Waals surface area contributed by atoms with Crippen LogP contribution in [0.15, 0.2) is 36.5 Å². The second kappa shape index (κ2) is 6.72. The highest BCUT2D eigenvalue weighted by Crippen LogP contribution is 2.22. The van der Waals surface area contributed by atoms with Gasteiger partial charge in [0.2, 0.25) is 0 Å². The summed E-state index contributed by atoms with van der Waals surface area (Å²) < 4.78 is 38.7. The van der Waals surface area contributed by atoms with Crippen molar-refractivity contribution in [3.63, 3.8) is 0 Å². The van der Waals surface area contributed by atoms with Gasteiger partial charge in [-0.25, -0.2) is 0 Å². The lowest BCUT2D eigenvalue weighted by atomic mass is 9.99. The standard InChI is InChI=1S/C16H19F3N4/c17-16(18,19)11-23-13(6-8-22-23)9-21-15-10-20-7-5-12-3-1-2-4-14(12)15/h1-4,6,8,15,20-21H,5,7,9-11H2. The first-order valence-corrected chi connectivity index (χ1v) is 7.62. The zero-order valence-corrected chi connectivity index (χ0v) is 12.6. The van der Waals surface area contributed by atoms with Crippen molar-refractivity contribution in [1.29, 1.82) is 0 Å². The highest BCUT2D eigenvalue weighted by Gasteiger charge is 2.29. The van der Waals surface area contributed by atoms with Crippen LogP contribution >= 0.6 is 0 Å². The number of hydrogen-bond acceptors (Lipinski definition) is 3. The third-order valence-corrected chi connectivity index (χ3v) is 4.01. The van der Waals surface area contributed by atoms with E-state index in [1.807, 2.05) is 12.1 Å². The van der Waals surface area contributed by atoms with Crippen molar-refractivity contribution in [3.05, 3.63) is 53.3 Å². The summed E-state index contributed by atoms with van der Waals surface area (Å²) >= 11 is 0. The lowest BCUT2D eigenvalue weighted by Crippen LogP contribution is -2.31. The van der Waals surface area contributed by atoms with Gasteiger partial charge in [0.25, 0.3) is 0 Å². The van der Waals surface area contributed by atoms with Gasteiger partial charge in [0.1, 0.15) is 6.54 Å². The van der Waals surface area contributed by atoms with E-state index in [-0.39, 0.29) is 6.04 Å². The van der Waals surface area contributed by atoms with Crippen molar-refractivity contribution < 1.29 is 13.2 Å². The number of aromatic nitrogens is 2. The molecule has 2 N–H and O–H groups in total. The fraction of sp³-hybridized carbons (Fsp3) is 0.438. The SMILES string of the molecule is FC(F)(F)Cn1nccc1CNC1CNCCc2ccccc21. The van der Waals surface area contributed by atoms with Gasteiger partial charge in [-0.05, 0) is 30.2 Å². The molecule has 0 bridgehead atoms. The Morgan fingerprint density at radius 3 is 2.91 bits per heavy atom. The Bertz CT molecular complexity index is 651. The summed E-state index contributed by atoms with van der Waals surface area (Å²) in [6, 6.07) is 9.88. The Morgan fingerprint density at radius 2 is 2.09 bits per heavy atom. The van der Waals surface area contributed by atoms with Gasteiger partial charge in [0.05, 0.1) is 5.69 Å². The maximum Gasteiger partial charge on any atom is 0.408 e. The first-order chi connectivity index (χ1) is 11.0. The van der Waals surface area contributed by atoms with E-state index in [0.717, 1.165) is 24.2 Å². The molecule has 2 aromatic rings. The molecule has 1 aliphatic heterocycles. The maximum absolute atomic E-state index is 12.6. The molecule has 1 aromatic carbocycles. The minimum Gasteiger partial charge on any atom is -0.315 e.